The van der Waals surface area contributed by atoms with E-state index in [1.807, 2.05) is 0 Å². The number of nitrogens with zero attached hydrogens (tertiary/aromatic N) is 1. The van der Waals surface area contributed by atoms with Crippen molar-refractivity contribution in [3.63, 3.8) is 0 Å². The van der Waals surface area contributed by atoms with E-state index >= 15 is 0 Å². The Kier molecular flexibility index (Phi) is 6.80. The number of amides is 1. The van der Waals surface area contributed by atoms with Gasteiger partial charge >= 0.3 is 0 Å². The number of nitrogens with one attached hydrogen (secondary N) is 1. The average Bonchev–Trinajstić information content (AvgIpc) is 2.70. The molecule has 0 spiro atoms. The standard InChI is InChI=1S/C20H28ClN3O4/c1-27-18-10-16(22)15(21)9-14(18)20(26)23-17-7-8-24(11-19(17)28-2)12-3-5-13(25)6-4-12/h9-10,12,17,19H,3-8,11,22H2,1-2H3,(H,23,26). The van der Waals surface area contributed by atoms with Gasteiger partial charge in [-0.1, -0.05) is 11.6 Å². The van der Waals surface area contributed by atoms with Crippen LogP contribution in [-0.2, 0) is 9.53 Å². The van der Waals surface area contributed by atoms with Crippen molar-refractivity contribution in [3.8, 4) is 5.75 Å². The third-order valence-electron chi connectivity index (χ3n) is 5.80. The second-order valence-electron chi connectivity index (χ2n) is 7.48. The quantitative estimate of drug-likeness (QED) is 0.724. The molecular weight excluding hydrogens is 382 g/mol. The van der Waals surface area contributed by atoms with Gasteiger partial charge in [0.15, 0.2) is 0 Å². The topological polar surface area (TPSA) is 93.9 Å². The Labute approximate surface area is 170 Å². The van der Waals surface area contributed by atoms with E-state index in [9.17, 15) is 9.59 Å². The Balaban J connectivity index is 1.65. The SMILES string of the molecule is COc1cc(N)c(Cl)cc1C(=O)NC1CCN(C2CCC(=O)CC2)CC1OC. The van der Waals surface area contributed by atoms with Gasteiger partial charge in [-0.2, -0.15) is 0 Å². The number of piperidine rings is 1. The molecule has 7 nitrogen and oxygen atoms in total. The number of ether oxygens (including phenoxy) is 2. The number of benzene rings is 1. The Morgan fingerprint density at radius 1 is 1.25 bits per heavy atom. The van der Waals surface area contributed by atoms with Crippen molar-refractivity contribution in [1.29, 1.82) is 0 Å². The van der Waals surface area contributed by atoms with Gasteiger partial charge in [0.1, 0.15) is 11.5 Å². The molecule has 2 atom stereocenters. The first-order valence-electron chi connectivity index (χ1n) is 9.65. The minimum Gasteiger partial charge on any atom is -0.496 e. The minimum absolute atomic E-state index is 0.111. The fraction of sp³-hybridized carbons (Fsp3) is 0.600. The number of hydrogen-bond acceptors (Lipinski definition) is 6. The monoisotopic (exact) mass is 409 g/mol. The van der Waals surface area contributed by atoms with E-state index in [4.69, 9.17) is 26.8 Å². The van der Waals surface area contributed by atoms with Crippen LogP contribution in [0, 0.1) is 0 Å². The van der Waals surface area contributed by atoms with Crippen LogP contribution < -0.4 is 15.8 Å². The lowest BCUT2D eigenvalue weighted by atomic mass is 9.90. The summed E-state index contributed by atoms with van der Waals surface area (Å²) in [5.74, 6) is 0.484. The molecule has 1 aliphatic heterocycles. The first kappa shape index (κ1) is 20.9. The molecule has 1 saturated carbocycles. The van der Waals surface area contributed by atoms with E-state index in [1.54, 1.807) is 13.2 Å². The number of methoxy groups -OCH3 is 2. The van der Waals surface area contributed by atoms with Crippen LogP contribution >= 0.6 is 11.6 Å². The molecule has 3 N–H and O–H groups in total. The van der Waals surface area contributed by atoms with Gasteiger partial charge in [-0.05, 0) is 25.3 Å². The number of carbonyl (C=O) groups is 2. The normalized spacial score (nSPS) is 24.2. The van der Waals surface area contributed by atoms with E-state index in [-0.39, 0.29) is 18.1 Å². The van der Waals surface area contributed by atoms with E-state index in [1.165, 1.54) is 13.2 Å². The molecule has 2 unspecified atom stereocenters. The summed E-state index contributed by atoms with van der Waals surface area (Å²) in [7, 11) is 3.16. The third-order valence-corrected chi connectivity index (χ3v) is 6.13. The zero-order valence-electron chi connectivity index (χ0n) is 16.4. The summed E-state index contributed by atoms with van der Waals surface area (Å²) in [6, 6.07) is 3.39. The van der Waals surface area contributed by atoms with E-state index in [2.05, 4.69) is 10.2 Å². The Morgan fingerprint density at radius 2 is 1.96 bits per heavy atom. The Bertz CT molecular complexity index is 732. The van der Waals surface area contributed by atoms with Crippen molar-refractivity contribution >= 4 is 29.0 Å². The molecule has 1 saturated heterocycles. The molecule has 1 amide bonds. The number of carbonyl (C=O) groups excluding carboxylic acids is 2. The second kappa shape index (κ2) is 9.11. The van der Waals surface area contributed by atoms with E-state index in [0.717, 1.165) is 32.4 Å². The summed E-state index contributed by atoms with van der Waals surface area (Å²) >= 11 is 6.09. The molecule has 3 rings (SSSR count). The number of Topliss-reactive ketones (excluding diaryl/α,β-unsaturated/α-hetero) is 1. The molecule has 1 aliphatic carbocycles. The predicted octanol–water partition coefficient (Wildman–Crippen LogP) is 2.26. The smallest absolute Gasteiger partial charge is 0.255 e. The molecule has 0 bridgehead atoms. The van der Waals surface area contributed by atoms with Crippen molar-refractivity contribution in [2.75, 3.05) is 33.0 Å². The number of hydrogen-bond donors (Lipinski definition) is 2. The number of nitrogen functional groups attached to an aromatic ring is 1. The summed E-state index contributed by atoms with van der Waals surface area (Å²) in [5.41, 5.74) is 6.51. The van der Waals surface area contributed by atoms with Crippen LogP contribution in [0.5, 0.6) is 5.75 Å². The zero-order chi connectivity index (χ0) is 20.3. The van der Waals surface area contributed by atoms with Crippen molar-refractivity contribution in [1.82, 2.24) is 10.2 Å². The lowest BCUT2D eigenvalue weighted by Crippen LogP contribution is -2.57. The highest BCUT2D eigenvalue weighted by Gasteiger charge is 2.35. The highest BCUT2D eigenvalue weighted by atomic mass is 35.5. The van der Waals surface area contributed by atoms with Gasteiger partial charge in [0, 0.05) is 45.1 Å². The van der Waals surface area contributed by atoms with Gasteiger partial charge in [0.25, 0.3) is 5.91 Å². The summed E-state index contributed by atoms with van der Waals surface area (Å²) in [5, 5.41) is 3.38. The molecule has 1 aromatic rings. The molecule has 1 heterocycles. The van der Waals surface area contributed by atoms with Crippen molar-refractivity contribution < 1.29 is 19.1 Å². The zero-order valence-corrected chi connectivity index (χ0v) is 17.1. The lowest BCUT2D eigenvalue weighted by Gasteiger charge is -2.42. The van der Waals surface area contributed by atoms with Crippen LogP contribution in [0.25, 0.3) is 0 Å². The number of ketones is 1. The summed E-state index contributed by atoms with van der Waals surface area (Å²) in [6.07, 6.45) is 3.80. The molecule has 28 heavy (non-hydrogen) atoms. The van der Waals surface area contributed by atoms with Gasteiger partial charge in [0.2, 0.25) is 0 Å². The van der Waals surface area contributed by atoms with Crippen LogP contribution in [0.15, 0.2) is 12.1 Å². The highest BCUT2D eigenvalue weighted by Crippen LogP contribution is 2.30. The number of rotatable bonds is 5. The Hall–Kier alpha value is -1.83. The summed E-state index contributed by atoms with van der Waals surface area (Å²) in [6.45, 7) is 1.60. The third kappa shape index (κ3) is 4.59. The van der Waals surface area contributed by atoms with Gasteiger partial charge in [-0.15, -0.1) is 0 Å². The number of halogens is 1. The maximum absolute atomic E-state index is 12.8. The number of nitrogens with two attached hydrogens (primary N) is 1. The fourth-order valence-electron chi connectivity index (χ4n) is 4.13. The van der Waals surface area contributed by atoms with Crippen LogP contribution in [0.3, 0.4) is 0 Å². The van der Waals surface area contributed by atoms with Crippen molar-refractivity contribution in [3.05, 3.63) is 22.7 Å². The molecular formula is C20H28ClN3O4. The van der Waals surface area contributed by atoms with Gasteiger partial charge in [-0.25, -0.2) is 0 Å². The van der Waals surface area contributed by atoms with Gasteiger partial charge in [0.05, 0.1) is 35.5 Å². The molecule has 2 aliphatic rings. The molecule has 8 heteroatoms. The average molecular weight is 410 g/mol. The van der Waals surface area contributed by atoms with Crippen LogP contribution in [0.4, 0.5) is 5.69 Å². The first-order valence-corrected chi connectivity index (χ1v) is 10.0. The molecule has 0 aromatic heterocycles. The van der Waals surface area contributed by atoms with Crippen molar-refractivity contribution in [2.24, 2.45) is 0 Å². The maximum atomic E-state index is 12.8. The van der Waals surface area contributed by atoms with E-state index < -0.39 is 0 Å². The van der Waals surface area contributed by atoms with Gasteiger partial charge in [-0.3, -0.25) is 14.5 Å². The Morgan fingerprint density at radius 3 is 2.61 bits per heavy atom. The molecule has 1 aromatic carbocycles. The van der Waals surface area contributed by atoms with Gasteiger partial charge < -0.3 is 20.5 Å². The largest absolute Gasteiger partial charge is 0.496 e. The molecule has 2 fully saturated rings. The second-order valence-corrected chi connectivity index (χ2v) is 7.89. The predicted molar refractivity (Wildman–Crippen MR) is 108 cm³/mol. The lowest BCUT2D eigenvalue weighted by molar-refractivity contribution is -0.121. The molecule has 154 valence electrons. The first-order chi connectivity index (χ1) is 13.4. The summed E-state index contributed by atoms with van der Waals surface area (Å²) in [4.78, 5) is 26.7. The minimum atomic E-state index is -0.262. The summed E-state index contributed by atoms with van der Waals surface area (Å²) < 4.78 is 11.0. The van der Waals surface area contributed by atoms with Crippen LogP contribution in [0.1, 0.15) is 42.5 Å². The highest BCUT2D eigenvalue weighted by molar-refractivity contribution is 6.33. The number of anilines is 1. The van der Waals surface area contributed by atoms with Crippen molar-refractivity contribution in [2.45, 2.75) is 50.3 Å². The van der Waals surface area contributed by atoms with Crippen LogP contribution in [0.2, 0.25) is 5.02 Å². The van der Waals surface area contributed by atoms with E-state index in [0.29, 0.717) is 46.7 Å². The molecule has 0 radical (unpaired) electrons. The fourth-order valence-corrected chi connectivity index (χ4v) is 4.29. The maximum Gasteiger partial charge on any atom is 0.255 e. The number of likely N-dealkylation sites (tertiary alicyclic amines) is 1. The van der Waals surface area contributed by atoms with Crippen LogP contribution in [-0.4, -0.2) is 62.1 Å².